The van der Waals surface area contributed by atoms with Gasteiger partial charge in [0.15, 0.2) is 0 Å². The number of aromatic nitrogens is 1. The van der Waals surface area contributed by atoms with E-state index in [-0.39, 0.29) is 18.6 Å². The van der Waals surface area contributed by atoms with Crippen molar-refractivity contribution in [1.29, 1.82) is 0 Å². The molecule has 0 saturated heterocycles. The summed E-state index contributed by atoms with van der Waals surface area (Å²) in [5.74, 6) is 1.32. The number of aromatic amines is 1. The van der Waals surface area contributed by atoms with E-state index in [0.717, 1.165) is 23.2 Å². The fourth-order valence-electron chi connectivity index (χ4n) is 3.15. The number of amides is 1. The number of carbonyl (C=O) groups excluding carboxylic acids is 1. The maximum absolute atomic E-state index is 13.0. The van der Waals surface area contributed by atoms with Gasteiger partial charge >= 0.3 is 0 Å². The van der Waals surface area contributed by atoms with Crippen LogP contribution < -0.4 is 4.74 Å². The van der Waals surface area contributed by atoms with Crippen LogP contribution in [-0.2, 0) is 0 Å². The molecular weight excluding hydrogens is 304 g/mol. The number of ether oxygens (including phenoxy) is 1. The van der Waals surface area contributed by atoms with Gasteiger partial charge in [-0.1, -0.05) is 6.42 Å². The van der Waals surface area contributed by atoms with Crippen LogP contribution in [0.2, 0.25) is 0 Å². The van der Waals surface area contributed by atoms with E-state index in [9.17, 15) is 9.90 Å². The summed E-state index contributed by atoms with van der Waals surface area (Å²) in [6, 6.07) is 7.49. The number of hydrogen-bond acceptors (Lipinski definition) is 3. The molecule has 1 saturated carbocycles. The highest BCUT2D eigenvalue weighted by Gasteiger charge is 2.28. The zero-order chi connectivity index (χ0) is 17.1. The van der Waals surface area contributed by atoms with E-state index >= 15 is 0 Å². The Hall–Kier alpha value is -2.01. The van der Waals surface area contributed by atoms with Crippen LogP contribution in [0.1, 0.15) is 43.6 Å². The molecule has 1 aromatic heterocycles. The molecule has 3 rings (SSSR count). The number of hydrogen-bond donors (Lipinski definition) is 2. The van der Waals surface area contributed by atoms with Crippen molar-refractivity contribution < 1.29 is 14.6 Å². The number of aliphatic hydroxyl groups is 1. The molecule has 0 aliphatic heterocycles. The van der Waals surface area contributed by atoms with Crippen LogP contribution in [0.3, 0.4) is 0 Å². The van der Waals surface area contributed by atoms with Gasteiger partial charge in [0.05, 0.1) is 19.3 Å². The van der Waals surface area contributed by atoms with Crippen molar-refractivity contribution in [3.8, 4) is 5.75 Å². The van der Waals surface area contributed by atoms with Gasteiger partial charge in [0.1, 0.15) is 11.4 Å². The molecule has 1 amide bonds. The molecular formula is C19H26N2O3. The molecule has 2 aromatic rings. The lowest BCUT2D eigenvalue weighted by Crippen LogP contribution is -2.44. The van der Waals surface area contributed by atoms with Crippen LogP contribution in [-0.4, -0.2) is 46.7 Å². The van der Waals surface area contributed by atoms with Gasteiger partial charge in [-0.25, -0.2) is 0 Å². The topological polar surface area (TPSA) is 65.6 Å². The molecule has 1 heterocycles. The van der Waals surface area contributed by atoms with Crippen molar-refractivity contribution in [3.63, 3.8) is 0 Å². The largest absolute Gasteiger partial charge is 0.494 e. The number of nitrogens with one attached hydrogen (secondary N) is 1. The van der Waals surface area contributed by atoms with E-state index < -0.39 is 0 Å². The Labute approximate surface area is 142 Å². The molecule has 1 fully saturated rings. The summed E-state index contributed by atoms with van der Waals surface area (Å²) in [6.07, 6.45) is 3.59. The number of aliphatic hydroxyl groups excluding tert-OH is 1. The summed E-state index contributed by atoms with van der Waals surface area (Å²) in [5.41, 5.74) is 1.46. The van der Waals surface area contributed by atoms with Crippen LogP contribution in [0, 0.1) is 5.92 Å². The monoisotopic (exact) mass is 330 g/mol. The van der Waals surface area contributed by atoms with E-state index in [4.69, 9.17) is 4.74 Å². The Bertz CT molecular complexity index is 706. The summed E-state index contributed by atoms with van der Waals surface area (Å²) < 4.78 is 5.51. The minimum Gasteiger partial charge on any atom is -0.494 e. The van der Waals surface area contributed by atoms with Gasteiger partial charge in [-0.3, -0.25) is 4.79 Å². The summed E-state index contributed by atoms with van der Waals surface area (Å²) in [4.78, 5) is 18.0. The summed E-state index contributed by atoms with van der Waals surface area (Å²) >= 11 is 0. The van der Waals surface area contributed by atoms with E-state index in [0.29, 0.717) is 18.2 Å². The highest BCUT2D eigenvalue weighted by molar-refractivity contribution is 5.98. The second kappa shape index (κ2) is 7.26. The quantitative estimate of drug-likeness (QED) is 0.819. The molecule has 1 aliphatic rings. The maximum Gasteiger partial charge on any atom is 0.270 e. The first kappa shape index (κ1) is 16.8. The number of fused-ring (bicyclic) bond motifs is 1. The lowest BCUT2D eigenvalue weighted by atomic mass is 9.85. The van der Waals surface area contributed by atoms with E-state index in [1.54, 1.807) is 4.90 Å². The van der Waals surface area contributed by atoms with Crippen molar-refractivity contribution in [2.75, 3.05) is 19.8 Å². The number of carbonyl (C=O) groups is 1. The first-order valence-electron chi connectivity index (χ1n) is 8.79. The van der Waals surface area contributed by atoms with Gasteiger partial charge in [-0.05, 0) is 50.8 Å². The average molecular weight is 330 g/mol. The van der Waals surface area contributed by atoms with Crippen molar-refractivity contribution in [3.05, 3.63) is 30.0 Å². The SMILES string of the molecule is CCOc1ccc2cc(C(=O)N(CC3CCC3)C(C)CO)[nH]c2c1. The van der Waals surface area contributed by atoms with Crippen molar-refractivity contribution in [2.24, 2.45) is 5.92 Å². The number of H-pyrrole nitrogens is 1. The molecule has 0 radical (unpaired) electrons. The highest BCUT2D eigenvalue weighted by Crippen LogP contribution is 2.29. The first-order valence-corrected chi connectivity index (χ1v) is 8.79. The Balaban J connectivity index is 1.84. The van der Waals surface area contributed by atoms with Crippen LogP contribution in [0.5, 0.6) is 5.75 Å². The van der Waals surface area contributed by atoms with Crippen LogP contribution in [0.25, 0.3) is 10.9 Å². The Kier molecular flexibility index (Phi) is 5.09. The zero-order valence-electron chi connectivity index (χ0n) is 14.4. The molecule has 1 unspecified atom stereocenters. The van der Waals surface area contributed by atoms with E-state index in [2.05, 4.69) is 4.98 Å². The summed E-state index contributed by atoms with van der Waals surface area (Å²) in [7, 11) is 0. The number of rotatable bonds is 7. The van der Waals surface area contributed by atoms with Gasteiger partial charge in [-0.2, -0.15) is 0 Å². The molecule has 1 atom stereocenters. The van der Waals surface area contributed by atoms with Gasteiger partial charge < -0.3 is 19.7 Å². The van der Waals surface area contributed by atoms with Crippen LogP contribution in [0.15, 0.2) is 24.3 Å². The van der Waals surface area contributed by atoms with Crippen molar-refractivity contribution >= 4 is 16.8 Å². The number of nitrogens with zero attached hydrogens (tertiary/aromatic N) is 1. The third-order valence-corrected chi connectivity index (χ3v) is 4.87. The number of benzene rings is 1. The maximum atomic E-state index is 13.0. The van der Waals surface area contributed by atoms with Gasteiger partial charge in [-0.15, -0.1) is 0 Å². The smallest absolute Gasteiger partial charge is 0.270 e. The molecule has 5 nitrogen and oxygen atoms in total. The molecule has 0 spiro atoms. The average Bonchev–Trinajstić information content (AvgIpc) is 2.96. The minimum atomic E-state index is -0.177. The third-order valence-electron chi connectivity index (χ3n) is 4.87. The predicted octanol–water partition coefficient (Wildman–Crippen LogP) is 3.19. The van der Waals surface area contributed by atoms with Gasteiger partial charge in [0, 0.05) is 23.5 Å². The predicted molar refractivity (Wildman–Crippen MR) is 94.4 cm³/mol. The van der Waals surface area contributed by atoms with Gasteiger partial charge in [0.2, 0.25) is 0 Å². The molecule has 24 heavy (non-hydrogen) atoms. The normalized spacial score (nSPS) is 16.0. The molecule has 1 aliphatic carbocycles. The second-order valence-corrected chi connectivity index (χ2v) is 6.65. The molecule has 0 bridgehead atoms. The summed E-state index contributed by atoms with van der Waals surface area (Å²) in [5, 5.41) is 10.5. The fraction of sp³-hybridized carbons (Fsp3) is 0.526. The molecule has 1 aromatic carbocycles. The van der Waals surface area contributed by atoms with Crippen LogP contribution in [0.4, 0.5) is 0 Å². The van der Waals surface area contributed by atoms with Crippen molar-refractivity contribution in [1.82, 2.24) is 9.88 Å². The summed E-state index contributed by atoms with van der Waals surface area (Å²) in [6.45, 7) is 5.16. The van der Waals surface area contributed by atoms with E-state index in [1.807, 2.05) is 38.1 Å². The van der Waals surface area contributed by atoms with E-state index in [1.165, 1.54) is 19.3 Å². The molecule has 130 valence electrons. The second-order valence-electron chi connectivity index (χ2n) is 6.65. The molecule has 2 N–H and O–H groups in total. The van der Waals surface area contributed by atoms with Crippen LogP contribution >= 0.6 is 0 Å². The Morgan fingerprint density at radius 2 is 2.21 bits per heavy atom. The third kappa shape index (κ3) is 3.41. The lowest BCUT2D eigenvalue weighted by molar-refractivity contribution is 0.0524. The van der Waals surface area contributed by atoms with Crippen molar-refractivity contribution in [2.45, 2.75) is 39.2 Å². The lowest BCUT2D eigenvalue weighted by Gasteiger charge is -2.35. The first-order chi connectivity index (χ1) is 11.6. The fourth-order valence-corrected chi connectivity index (χ4v) is 3.15. The highest BCUT2D eigenvalue weighted by atomic mass is 16.5. The van der Waals surface area contributed by atoms with Gasteiger partial charge in [0.25, 0.3) is 5.91 Å². The molecule has 5 heteroatoms. The zero-order valence-corrected chi connectivity index (χ0v) is 14.4. The minimum absolute atomic E-state index is 0.0207. The Morgan fingerprint density at radius 1 is 1.42 bits per heavy atom. The Morgan fingerprint density at radius 3 is 2.83 bits per heavy atom. The standard InChI is InChI=1S/C19H26N2O3/c1-3-24-16-8-7-15-9-18(20-17(15)10-16)19(23)21(13(2)12-22)11-14-5-4-6-14/h7-10,13-14,20,22H,3-6,11-12H2,1-2H3.